The molecule has 0 saturated heterocycles. The molecule has 4 nitrogen and oxygen atoms in total. The molecule has 1 N–H and O–H groups in total. The van der Waals surface area contributed by atoms with Crippen molar-refractivity contribution in [2.75, 3.05) is 0 Å². The molecule has 0 radical (unpaired) electrons. The standard InChI is InChI=1S/C8H8O2.C6H4O2/c9-8(10)6-7-4-2-1-3-5-7;7-5-1-2-6(8)4-3-5/h1-5H,6H2,(H,9,10);1-4H. The molecule has 92 valence electrons. The number of rotatable bonds is 2. The summed E-state index contributed by atoms with van der Waals surface area (Å²) < 4.78 is 0. The smallest absolute Gasteiger partial charge is 0.307 e. The maximum atomic E-state index is 10.3. The first kappa shape index (κ1) is 13.6. The van der Waals surface area contributed by atoms with Crippen LogP contribution in [0, 0.1) is 0 Å². The van der Waals surface area contributed by atoms with Crippen LogP contribution in [0.2, 0.25) is 0 Å². The van der Waals surface area contributed by atoms with E-state index in [0.29, 0.717) is 0 Å². The normalized spacial score (nSPS) is 12.9. The van der Waals surface area contributed by atoms with Crippen LogP contribution in [0.3, 0.4) is 0 Å². The molecule has 18 heavy (non-hydrogen) atoms. The molecule has 0 aromatic heterocycles. The van der Waals surface area contributed by atoms with Gasteiger partial charge in [-0.3, -0.25) is 14.4 Å². The highest BCUT2D eigenvalue weighted by Gasteiger charge is 1.98. The third-order valence-electron chi connectivity index (χ3n) is 2.02. The van der Waals surface area contributed by atoms with E-state index in [1.165, 1.54) is 24.3 Å². The molecule has 2 rings (SSSR count). The van der Waals surface area contributed by atoms with Crippen molar-refractivity contribution in [1.82, 2.24) is 0 Å². The molecule has 0 aliphatic heterocycles. The van der Waals surface area contributed by atoms with Gasteiger partial charge in [-0.1, -0.05) is 30.3 Å². The summed E-state index contributed by atoms with van der Waals surface area (Å²) in [6, 6.07) is 9.13. The zero-order valence-electron chi connectivity index (χ0n) is 9.58. The van der Waals surface area contributed by atoms with E-state index in [-0.39, 0.29) is 18.0 Å². The zero-order valence-corrected chi connectivity index (χ0v) is 9.58. The van der Waals surface area contributed by atoms with E-state index in [9.17, 15) is 14.4 Å². The SMILES string of the molecule is O=C(O)Cc1ccccc1.O=C1C=CC(=O)C=C1. The highest BCUT2D eigenvalue weighted by atomic mass is 16.4. The molecule has 0 fully saturated rings. The number of benzene rings is 1. The maximum Gasteiger partial charge on any atom is 0.307 e. The molecular formula is C14H12O4. The van der Waals surface area contributed by atoms with E-state index in [1.54, 1.807) is 12.1 Å². The summed E-state index contributed by atoms with van der Waals surface area (Å²) in [5.41, 5.74) is 0.843. The lowest BCUT2D eigenvalue weighted by atomic mass is 10.2. The molecule has 1 aromatic rings. The van der Waals surface area contributed by atoms with Gasteiger partial charge in [0, 0.05) is 0 Å². The first-order chi connectivity index (χ1) is 8.58. The number of carbonyl (C=O) groups excluding carboxylic acids is 2. The molecule has 1 aromatic carbocycles. The molecule has 1 aliphatic rings. The van der Waals surface area contributed by atoms with Crippen LogP contribution in [0.4, 0.5) is 0 Å². The second-order valence-corrected chi connectivity index (χ2v) is 3.53. The van der Waals surface area contributed by atoms with Crippen LogP contribution in [0.15, 0.2) is 54.6 Å². The fraction of sp³-hybridized carbons (Fsp3) is 0.0714. The highest BCUT2D eigenvalue weighted by molar-refractivity contribution is 6.14. The summed E-state index contributed by atoms with van der Waals surface area (Å²) in [7, 11) is 0. The predicted octanol–water partition coefficient (Wildman–Crippen LogP) is 1.56. The van der Waals surface area contributed by atoms with Gasteiger partial charge in [0.1, 0.15) is 0 Å². The van der Waals surface area contributed by atoms with Crippen molar-refractivity contribution >= 4 is 17.5 Å². The molecule has 0 heterocycles. The van der Waals surface area contributed by atoms with Gasteiger partial charge in [-0.15, -0.1) is 0 Å². The Kier molecular flexibility index (Phi) is 5.25. The molecule has 1 aliphatic carbocycles. The fourth-order valence-electron chi connectivity index (χ4n) is 1.21. The minimum absolute atomic E-state index is 0.112. The van der Waals surface area contributed by atoms with E-state index >= 15 is 0 Å². The Bertz CT molecular complexity index is 460. The molecule has 0 spiro atoms. The highest BCUT2D eigenvalue weighted by Crippen LogP contribution is 1.98. The summed E-state index contributed by atoms with van der Waals surface area (Å²) in [6.45, 7) is 0. The van der Waals surface area contributed by atoms with Gasteiger partial charge in [-0.2, -0.15) is 0 Å². The number of ketones is 2. The Labute approximate surface area is 104 Å². The van der Waals surface area contributed by atoms with Crippen molar-refractivity contribution in [1.29, 1.82) is 0 Å². The van der Waals surface area contributed by atoms with E-state index in [2.05, 4.69) is 0 Å². The number of hydrogen-bond donors (Lipinski definition) is 1. The monoisotopic (exact) mass is 244 g/mol. The van der Waals surface area contributed by atoms with Crippen molar-refractivity contribution in [3.8, 4) is 0 Å². The number of carbonyl (C=O) groups is 3. The molecule has 0 atom stereocenters. The number of allylic oxidation sites excluding steroid dienone is 4. The quantitative estimate of drug-likeness (QED) is 0.801. The first-order valence-corrected chi connectivity index (χ1v) is 5.28. The van der Waals surface area contributed by atoms with Crippen molar-refractivity contribution < 1.29 is 19.5 Å². The zero-order chi connectivity index (χ0) is 13.4. The van der Waals surface area contributed by atoms with E-state index in [1.807, 2.05) is 18.2 Å². The average molecular weight is 244 g/mol. The lowest BCUT2D eigenvalue weighted by Crippen LogP contribution is -1.98. The molecule has 0 unspecified atom stereocenters. The number of carboxylic acids is 1. The van der Waals surface area contributed by atoms with Gasteiger partial charge in [0.2, 0.25) is 0 Å². The van der Waals surface area contributed by atoms with Crippen LogP contribution >= 0.6 is 0 Å². The Morgan fingerprint density at radius 3 is 1.72 bits per heavy atom. The van der Waals surface area contributed by atoms with Crippen molar-refractivity contribution in [2.45, 2.75) is 6.42 Å². The lowest BCUT2D eigenvalue weighted by molar-refractivity contribution is -0.136. The topological polar surface area (TPSA) is 71.4 Å². The van der Waals surface area contributed by atoms with Gasteiger partial charge in [0.15, 0.2) is 11.6 Å². The third-order valence-corrected chi connectivity index (χ3v) is 2.02. The Hall–Kier alpha value is -2.49. The fourth-order valence-corrected chi connectivity index (χ4v) is 1.21. The first-order valence-electron chi connectivity index (χ1n) is 5.28. The van der Waals surface area contributed by atoms with Gasteiger partial charge < -0.3 is 5.11 Å². The van der Waals surface area contributed by atoms with Gasteiger partial charge in [0.05, 0.1) is 6.42 Å². The second-order valence-electron chi connectivity index (χ2n) is 3.53. The summed E-state index contributed by atoms with van der Waals surface area (Å²) in [4.78, 5) is 30.7. The lowest BCUT2D eigenvalue weighted by Gasteiger charge is -1.92. The van der Waals surface area contributed by atoms with Crippen molar-refractivity contribution in [2.24, 2.45) is 0 Å². The van der Waals surface area contributed by atoms with Crippen LogP contribution in [0.1, 0.15) is 5.56 Å². The van der Waals surface area contributed by atoms with Crippen LogP contribution in [-0.4, -0.2) is 22.6 Å². The Morgan fingerprint density at radius 1 is 0.889 bits per heavy atom. The third kappa shape index (κ3) is 5.55. The van der Waals surface area contributed by atoms with Gasteiger partial charge >= 0.3 is 5.97 Å². The van der Waals surface area contributed by atoms with E-state index in [4.69, 9.17) is 5.11 Å². The largest absolute Gasteiger partial charge is 0.481 e. The van der Waals surface area contributed by atoms with Gasteiger partial charge in [0.25, 0.3) is 0 Å². The second kappa shape index (κ2) is 6.96. The summed E-state index contributed by atoms with van der Waals surface area (Å²) in [5.74, 6) is -1.03. The summed E-state index contributed by atoms with van der Waals surface area (Å²) in [5, 5.41) is 8.37. The molecular weight excluding hydrogens is 232 g/mol. The molecule has 4 heteroatoms. The minimum Gasteiger partial charge on any atom is -0.481 e. The predicted molar refractivity (Wildman–Crippen MR) is 66.1 cm³/mol. The maximum absolute atomic E-state index is 10.3. The number of aliphatic carboxylic acids is 1. The Morgan fingerprint density at radius 2 is 1.33 bits per heavy atom. The van der Waals surface area contributed by atoms with Crippen LogP contribution in [-0.2, 0) is 20.8 Å². The summed E-state index contributed by atoms with van der Waals surface area (Å²) in [6.07, 6.45) is 5.12. The van der Waals surface area contributed by atoms with Gasteiger partial charge in [-0.25, -0.2) is 0 Å². The minimum atomic E-state index is -0.786. The molecule has 0 saturated carbocycles. The number of hydrogen-bond acceptors (Lipinski definition) is 3. The van der Waals surface area contributed by atoms with E-state index in [0.717, 1.165) is 5.56 Å². The Balaban J connectivity index is 0.000000184. The van der Waals surface area contributed by atoms with Gasteiger partial charge in [-0.05, 0) is 29.9 Å². The van der Waals surface area contributed by atoms with E-state index < -0.39 is 5.97 Å². The number of carboxylic acid groups (broad SMARTS) is 1. The average Bonchev–Trinajstić information content (AvgIpc) is 2.34. The van der Waals surface area contributed by atoms with Crippen molar-refractivity contribution in [3.63, 3.8) is 0 Å². The van der Waals surface area contributed by atoms with Crippen LogP contribution < -0.4 is 0 Å². The van der Waals surface area contributed by atoms with Crippen LogP contribution in [0.5, 0.6) is 0 Å². The summed E-state index contributed by atoms with van der Waals surface area (Å²) >= 11 is 0. The molecule has 0 bridgehead atoms. The van der Waals surface area contributed by atoms with Crippen LogP contribution in [0.25, 0.3) is 0 Å². The van der Waals surface area contributed by atoms with Crippen molar-refractivity contribution in [3.05, 3.63) is 60.2 Å². The molecule has 0 amide bonds.